The fourth-order valence-corrected chi connectivity index (χ4v) is 2.62. The predicted octanol–water partition coefficient (Wildman–Crippen LogP) is 2.02. The van der Waals surface area contributed by atoms with Crippen LogP contribution in [0, 0.1) is 0 Å². The SMILES string of the molecule is COC(=O)NC(C(=O)N1CCC[C@H]1I)=C(C)C. The van der Waals surface area contributed by atoms with E-state index < -0.39 is 6.09 Å². The molecule has 0 radical (unpaired) electrons. The first-order valence-corrected chi connectivity index (χ1v) is 6.69. The van der Waals surface area contributed by atoms with E-state index in [1.54, 1.807) is 18.7 Å². The zero-order valence-electron chi connectivity index (χ0n) is 10.2. The number of ether oxygens (including phenoxy) is 1. The highest BCUT2D eigenvalue weighted by Crippen LogP contribution is 2.24. The van der Waals surface area contributed by atoms with E-state index in [0.29, 0.717) is 5.70 Å². The van der Waals surface area contributed by atoms with Crippen LogP contribution in [0.3, 0.4) is 0 Å². The molecular formula is C11H17IN2O3. The second kappa shape index (κ2) is 6.23. The van der Waals surface area contributed by atoms with Crippen LogP contribution in [0.25, 0.3) is 0 Å². The summed E-state index contributed by atoms with van der Waals surface area (Å²) in [6, 6.07) is 0. The molecule has 2 amide bonds. The summed E-state index contributed by atoms with van der Waals surface area (Å²) in [6.07, 6.45) is 1.40. The van der Waals surface area contributed by atoms with Crippen LogP contribution in [0.15, 0.2) is 11.3 Å². The molecule has 5 nitrogen and oxygen atoms in total. The Kier molecular flexibility index (Phi) is 5.23. The van der Waals surface area contributed by atoms with Crippen LogP contribution in [0.4, 0.5) is 4.79 Å². The summed E-state index contributed by atoms with van der Waals surface area (Å²) in [7, 11) is 1.28. The van der Waals surface area contributed by atoms with Gasteiger partial charge in [0, 0.05) is 6.54 Å². The van der Waals surface area contributed by atoms with Crippen LogP contribution >= 0.6 is 22.6 Å². The Labute approximate surface area is 115 Å². The highest BCUT2D eigenvalue weighted by atomic mass is 127. The van der Waals surface area contributed by atoms with Gasteiger partial charge in [0.1, 0.15) is 5.70 Å². The molecule has 0 unspecified atom stereocenters. The van der Waals surface area contributed by atoms with Crippen molar-refractivity contribution >= 4 is 34.6 Å². The van der Waals surface area contributed by atoms with Crippen LogP contribution in [0.2, 0.25) is 0 Å². The van der Waals surface area contributed by atoms with Crippen molar-refractivity contribution < 1.29 is 14.3 Å². The Morgan fingerprint density at radius 2 is 2.06 bits per heavy atom. The maximum Gasteiger partial charge on any atom is 0.411 e. The van der Waals surface area contributed by atoms with Crippen LogP contribution in [-0.2, 0) is 9.53 Å². The molecule has 6 heteroatoms. The first-order chi connectivity index (χ1) is 7.97. The summed E-state index contributed by atoms with van der Waals surface area (Å²) < 4.78 is 4.72. The number of hydrogen-bond acceptors (Lipinski definition) is 3. The molecule has 0 saturated carbocycles. The van der Waals surface area contributed by atoms with Gasteiger partial charge in [-0.1, -0.05) is 22.6 Å². The number of allylic oxidation sites excluding steroid dienone is 1. The molecule has 1 atom stereocenters. The number of hydrogen-bond donors (Lipinski definition) is 1. The van der Waals surface area contributed by atoms with Crippen molar-refractivity contribution in [2.24, 2.45) is 0 Å². The van der Waals surface area contributed by atoms with Crippen molar-refractivity contribution in [3.05, 3.63) is 11.3 Å². The third-order valence-electron chi connectivity index (χ3n) is 2.57. The van der Waals surface area contributed by atoms with Gasteiger partial charge in [0.2, 0.25) is 0 Å². The third-order valence-corrected chi connectivity index (χ3v) is 3.86. The average Bonchev–Trinajstić information content (AvgIpc) is 2.70. The summed E-state index contributed by atoms with van der Waals surface area (Å²) in [6.45, 7) is 4.33. The molecule has 1 heterocycles. The topological polar surface area (TPSA) is 58.6 Å². The smallest absolute Gasteiger partial charge is 0.411 e. The Morgan fingerprint density at radius 3 is 2.47 bits per heavy atom. The first-order valence-electron chi connectivity index (χ1n) is 5.45. The summed E-state index contributed by atoms with van der Waals surface area (Å²) in [4.78, 5) is 25.2. The van der Waals surface area contributed by atoms with Crippen molar-refractivity contribution in [3.63, 3.8) is 0 Å². The fourth-order valence-electron chi connectivity index (χ4n) is 1.64. The van der Waals surface area contributed by atoms with Gasteiger partial charge in [-0.05, 0) is 32.3 Å². The predicted molar refractivity (Wildman–Crippen MR) is 72.7 cm³/mol. The number of amides is 2. The Balaban J connectivity index is 2.82. The van der Waals surface area contributed by atoms with E-state index in [4.69, 9.17) is 0 Å². The molecule has 0 spiro atoms. The van der Waals surface area contributed by atoms with Gasteiger partial charge in [0.15, 0.2) is 0 Å². The highest BCUT2D eigenvalue weighted by molar-refractivity contribution is 14.1. The molecule has 1 aliphatic heterocycles. The number of halogens is 1. The van der Waals surface area contributed by atoms with Gasteiger partial charge in [-0.15, -0.1) is 0 Å². The summed E-state index contributed by atoms with van der Waals surface area (Å²) >= 11 is 2.25. The summed E-state index contributed by atoms with van der Waals surface area (Å²) in [5, 5.41) is 2.49. The van der Waals surface area contributed by atoms with Crippen molar-refractivity contribution in [2.75, 3.05) is 13.7 Å². The van der Waals surface area contributed by atoms with Gasteiger partial charge in [-0.25, -0.2) is 4.79 Å². The number of alkyl carbamates (subject to hydrolysis) is 1. The molecule has 1 aliphatic rings. The summed E-state index contributed by atoms with van der Waals surface area (Å²) in [5.41, 5.74) is 1.09. The molecule has 96 valence electrons. The van der Waals surface area contributed by atoms with Crippen LogP contribution in [0.1, 0.15) is 26.7 Å². The lowest BCUT2D eigenvalue weighted by Crippen LogP contribution is -2.39. The zero-order valence-corrected chi connectivity index (χ0v) is 12.4. The molecule has 1 saturated heterocycles. The van der Waals surface area contributed by atoms with Crippen molar-refractivity contribution in [2.45, 2.75) is 30.7 Å². The van der Waals surface area contributed by atoms with Crippen LogP contribution in [-0.4, -0.2) is 34.6 Å². The van der Waals surface area contributed by atoms with Crippen LogP contribution < -0.4 is 5.32 Å². The van der Waals surface area contributed by atoms with E-state index >= 15 is 0 Å². The quantitative estimate of drug-likeness (QED) is 0.358. The number of alkyl halides is 1. The number of methoxy groups -OCH3 is 1. The Bertz CT molecular complexity index is 351. The number of rotatable bonds is 2. The molecule has 0 aromatic heterocycles. The lowest BCUT2D eigenvalue weighted by Gasteiger charge is -2.22. The minimum Gasteiger partial charge on any atom is -0.453 e. The fraction of sp³-hybridized carbons (Fsp3) is 0.636. The first kappa shape index (κ1) is 14.3. The van der Waals surface area contributed by atoms with E-state index in [2.05, 4.69) is 32.6 Å². The summed E-state index contributed by atoms with van der Waals surface area (Å²) in [5.74, 6) is -0.132. The van der Waals surface area contributed by atoms with Crippen LogP contribution in [0.5, 0.6) is 0 Å². The minimum atomic E-state index is -0.612. The lowest BCUT2D eigenvalue weighted by atomic mass is 10.2. The normalized spacial score (nSPS) is 18.8. The van der Waals surface area contributed by atoms with E-state index in [-0.39, 0.29) is 9.96 Å². The number of carbonyl (C=O) groups excluding carboxylic acids is 2. The molecular weight excluding hydrogens is 335 g/mol. The maximum absolute atomic E-state index is 12.2. The monoisotopic (exact) mass is 352 g/mol. The standard InChI is InChI=1S/C11H17IN2O3/c1-7(2)9(13-11(16)17-3)10(15)14-6-4-5-8(14)12/h8H,4-6H2,1-3H3,(H,13,16)/t8-/m0/s1. The van der Waals surface area contributed by atoms with Gasteiger partial charge >= 0.3 is 6.09 Å². The van der Waals surface area contributed by atoms with E-state index in [1.807, 2.05) is 0 Å². The van der Waals surface area contributed by atoms with E-state index in [0.717, 1.165) is 25.0 Å². The second-order valence-corrected chi connectivity index (χ2v) is 5.50. The molecule has 1 N–H and O–H groups in total. The highest BCUT2D eigenvalue weighted by Gasteiger charge is 2.29. The molecule has 0 bridgehead atoms. The number of nitrogens with zero attached hydrogens (tertiary/aromatic N) is 1. The zero-order chi connectivity index (χ0) is 13.0. The van der Waals surface area contributed by atoms with Gasteiger partial charge in [-0.3, -0.25) is 10.1 Å². The minimum absolute atomic E-state index is 0.132. The van der Waals surface area contributed by atoms with Gasteiger partial charge in [-0.2, -0.15) is 0 Å². The number of nitrogens with one attached hydrogen (secondary N) is 1. The lowest BCUT2D eigenvalue weighted by molar-refractivity contribution is -0.126. The third kappa shape index (κ3) is 3.58. The van der Waals surface area contributed by atoms with Crippen molar-refractivity contribution in [3.8, 4) is 0 Å². The van der Waals surface area contributed by atoms with E-state index in [1.165, 1.54) is 7.11 Å². The number of carbonyl (C=O) groups is 2. The van der Waals surface area contributed by atoms with Gasteiger partial charge in [0.25, 0.3) is 5.91 Å². The second-order valence-electron chi connectivity index (χ2n) is 4.07. The molecule has 0 aromatic rings. The molecule has 1 fully saturated rings. The Morgan fingerprint density at radius 1 is 1.41 bits per heavy atom. The van der Waals surface area contributed by atoms with Gasteiger partial charge in [0.05, 0.1) is 11.2 Å². The van der Waals surface area contributed by atoms with E-state index in [9.17, 15) is 9.59 Å². The largest absolute Gasteiger partial charge is 0.453 e. The maximum atomic E-state index is 12.2. The number of likely N-dealkylation sites (tertiary alicyclic amines) is 1. The molecule has 17 heavy (non-hydrogen) atoms. The van der Waals surface area contributed by atoms with Crippen molar-refractivity contribution in [1.29, 1.82) is 0 Å². The molecule has 1 rings (SSSR count). The average molecular weight is 352 g/mol. The molecule has 0 aliphatic carbocycles. The van der Waals surface area contributed by atoms with Crippen molar-refractivity contribution in [1.82, 2.24) is 10.2 Å². The Hall–Kier alpha value is -0.790. The molecule has 0 aromatic carbocycles. The van der Waals surface area contributed by atoms with Gasteiger partial charge < -0.3 is 9.64 Å².